The van der Waals surface area contributed by atoms with Crippen LogP contribution in [0.15, 0.2) is 17.8 Å². The van der Waals surface area contributed by atoms with Gasteiger partial charge in [-0.15, -0.1) is 11.3 Å². The van der Waals surface area contributed by atoms with Crippen molar-refractivity contribution in [3.8, 4) is 0 Å². The molecule has 0 amide bonds. The molecule has 0 bridgehead atoms. The summed E-state index contributed by atoms with van der Waals surface area (Å²) >= 11 is 1.64. The summed E-state index contributed by atoms with van der Waals surface area (Å²) in [4.78, 5) is 9.60. The van der Waals surface area contributed by atoms with Crippen LogP contribution in [0.4, 0.5) is 5.82 Å². The van der Waals surface area contributed by atoms with Gasteiger partial charge in [-0.3, -0.25) is 0 Å². The van der Waals surface area contributed by atoms with Gasteiger partial charge in [-0.25, -0.2) is 9.97 Å². The highest BCUT2D eigenvalue weighted by Gasteiger charge is 2.24. The van der Waals surface area contributed by atoms with E-state index in [0.29, 0.717) is 6.54 Å². The van der Waals surface area contributed by atoms with Gasteiger partial charge in [0.1, 0.15) is 17.0 Å². The van der Waals surface area contributed by atoms with E-state index in [-0.39, 0.29) is 5.41 Å². The predicted octanol–water partition coefficient (Wildman–Crippen LogP) is 2.87. The Bertz CT molecular complexity index is 496. The summed E-state index contributed by atoms with van der Waals surface area (Å²) in [7, 11) is 0. The summed E-state index contributed by atoms with van der Waals surface area (Å²) in [6.07, 6.45) is 3.76. The van der Waals surface area contributed by atoms with Crippen LogP contribution in [0.3, 0.4) is 0 Å². The van der Waals surface area contributed by atoms with Crippen LogP contribution >= 0.6 is 11.3 Å². The van der Waals surface area contributed by atoms with Crippen LogP contribution in [0, 0.1) is 5.41 Å². The Balaban J connectivity index is 2.17. The lowest BCUT2D eigenvalue weighted by molar-refractivity contribution is 0.294. The number of rotatable bonds is 6. The van der Waals surface area contributed by atoms with E-state index >= 15 is 0 Å². The number of thiophene rings is 1. The van der Waals surface area contributed by atoms with Gasteiger partial charge in [0.15, 0.2) is 0 Å². The molecule has 2 aromatic heterocycles. The molecule has 98 valence electrons. The SMILES string of the molecule is CCC(CC)(CN)CNc1ncnc2sccc12. The summed E-state index contributed by atoms with van der Waals surface area (Å²) in [5.41, 5.74) is 6.07. The van der Waals surface area contributed by atoms with Crippen molar-refractivity contribution in [3.05, 3.63) is 17.8 Å². The summed E-state index contributed by atoms with van der Waals surface area (Å²) in [5.74, 6) is 0.918. The molecule has 5 heteroatoms. The number of anilines is 1. The molecule has 0 atom stereocenters. The monoisotopic (exact) mass is 264 g/mol. The first-order valence-electron chi connectivity index (χ1n) is 6.37. The summed E-state index contributed by atoms with van der Waals surface area (Å²) in [6.45, 7) is 5.94. The number of fused-ring (bicyclic) bond motifs is 1. The van der Waals surface area contributed by atoms with Gasteiger partial charge >= 0.3 is 0 Å². The van der Waals surface area contributed by atoms with Crippen molar-refractivity contribution in [1.82, 2.24) is 9.97 Å². The standard InChI is InChI=1S/C13H20N4S/c1-3-13(4-2,7-14)8-15-11-10-5-6-18-12(10)17-9-16-11/h5-6,9H,3-4,7-8,14H2,1-2H3,(H,15,16,17). The van der Waals surface area contributed by atoms with Crippen LogP contribution in [-0.4, -0.2) is 23.1 Å². The Morgan fingerprint density at radius 3 is 2.78 bits per heavy atom. The van der Waals surface area contributed by atoms with E-state index in [0.717, 1.165) is 35.4 Å². The molecule has 0 saturated heterocycles. The Morgan fingerprint density at radius 2 is 2.11 bits per heavy atom. The van der Waals surface area contributed by atoms with Gasteiger partial charge in [0.25, 0.3) is 0 Å². The molecule has 0 fully saturated rings. The van der Waals surface area contributed by atoms with E-state index in [1.807, 2.05) is 5.38 Å². The molecule has 2 rings (SSSR count). The topological polar surface area (TPSA) is 63.8 Å². The van der Waals surface area contributed by atoms with Gasteiger partial charge in [0.05, 0.1) is 5.39 Å². The van der Waals surface area contributed by atoms with Crippen molar-refractivity contribution in [2.24, 2.45) is 11.1 Å². The number of nitrogens with two attached hydrogens (primary N) is 1. The molecule has 2 heterocycles. The highest BCUT2D eigenvalue weighted by Crippen LogP contribution is 2.28. The van der Waals surface area contributed by atoms with Crippen molar-refractivity contribution in [3.63, 3.8) is 0 Å². The Morgan fingerprint density at radius 1 is 1.33 bits per heavy atom. The van der Waals surface area contributed by atoms with E-state index in [9.17, 15) is 0 Å². The lowest BCUT2D eigenvalue weighted by Crippen LogP contribution is -2.36. The Kier molecular flexibility index (Phi) is 4.14. The minimum atomic E-state index is 0.160. The molecule has 0 unspecified atom stereocenters. The fourth-order valence-corrected chi connectivity index (χ4v) is 2.80. The Labute approximate surface area is 112 Å². The zero-order chi connectivity index (χ0) is 13.0. The maximum absolute atomic E-state index is 5.91. The molecule has 3 N–H and O–H groups in total. The first-order valence-corrected chi connectivity index (χ1v) is 7.25. The molecule has 0 spiro atoms. The summed E-state index contributed by atoms with van der Waals surface area (Å²) in [5, 5.41) is 6.58. The zero-order valence-corrected chi connectivity index (χ0v) is 11.8. The third-order valence-electron chi connectivity index (χ3n) is 3.83. The maximum atomic E-state index is 5.91. The molecular formula is C13H20N4S. The smallest absolute Gasteiger partial charge is 0.138 e. The second-order valence-corrected chi connectivity index (χ2v) is 5.52. The number of nitrogens with zero attached hydrogens (tertiary/aromatic N) is 2. The van der Waals surface area contributed by atoms with E-state index < -0.39 is 0 Å². The van der Waals surface area contributed by atoms with Crippen LogP contribution in [-0.2, 0) is 0 Å². The van der Waals surface area contributed by atoms with E-state index in [1.165, 1.54) is 0 Å². The van der Waals surface area contributed by atoms with Crippen LogP contribution in [0.25, 0.3) is 10.2 Å². The molecule has 0 aliphatic carbocycles. The highest BCUT2D eigenvalue weighted by atomic mass is 32.1. The zero-order valence-electron chi connectivity index (χ0n) is 10.9. The molecule has 0 saturated carbocycles. The van der Waals surface area contributed by atoms with Crippen molar-refractivity contribution in [1.29, 1.82) is 0 Å². The number of aromatic nitrogens is 2. The van der Waals surface area contributed by atoms with Gasteiger partial charge in [-0.1, -0.05) is 13.8 Å². The van der Waals surface area contributed by atoms with Crippen LogP contribution in [0.1, 0.15) is 26.7 Å². The molecule has 18 heavy (non-hydrogen) atoms. The van der Waals surface area contributed by atoms with E-state index in [4.69, 9.17) is 5.73 Å². The third-order valence-corrected chi connectivity index (χ3v) is 4.65. The number of hydrogen-bond donors (Lipinski definition) is 2. The molecule has 0 aliphatic heterocycles. The first-order chi connectivity index (χ1) is 8.74. The fraction of sp³-hybridized carbons (Fsp3) is 0.538. The van der Waals surface area contributed by atoms with Gasteiger partial charge < -0.3 is 11.1 Å². The van der Waals surface area contributed by atoms with Gasteiger partial charge in [0, 0.05) is 6.54 Å². The summed E-state index contributed by atoms with van der Waals surface area (Å²) in [6, 6.07) is 2.06. The van der Waals surface area contributed by atoms with Crippen LogP contribution in [0.2, 0.25) is 0 Å². The highest BCUT2D eigenvalue weighted by molar-refractivity contribution is 7.16. The van der Waals surface area contributed by atoms with Crippen molar-refractivity contribution >= 4 is 27.4 Å². The Hall–Kier alpha value is -1.20. The summed E-state index contributed by atoms with van der Waals surface area (Å²) < 4.78 is 0. The minimum absolute atomic E-state index is 0.160. The maximum Gasteiger partial charge on any atom is 0.138 e. The fourth-order valence-electron chi connectivity index (χ4n) is 2.06. The molecular weight excluding hydrogens is 244 g/mol. The third kappa shape index (κ3) is 2.47. The van der Waals surface area contributed by atoms with E-state index in [2.05, 4.69) is 35.2 Å². The predicted molar refractivity (Wildman–Crippen MR) is 78.0 cm³/mol. The van der Waals surface area contributed by atoms with Crippen LogP contribution in [0.5, 0.6) is 0 Å². The molecule has 2 aromatic rings. The second-order valence-electron chi connectivity index (χ2n) is 4.63. The first kappa shape index (κ1) is 13.2. The quantitative estimate of drug-likeness (QED) is 0.842. The van der Waals surface area contributed by atoms with Crippen molar-refractivity contribution < 1.29 is 0 Å². The largest absolute Gasteiger partial charge is 0.369 e. The molecule has 0 aromatic carbocycles. The van der Waals surface area contributed by atoms with Crippen LogP contribution < -0.4 is 11.1 Å². The molecule has 0 radical (unpaired) electrons. The number of hydrogen-bond acceptors (Lipinski definition) is 5. The second kappa shape index (κ2) is 5.63. The van der Waals surface area contributed by atoms with Gasteiger partial charge in [-0.2, -0.15) is 0 Å². The number of nitrogens with one attached hydrogen (secondary N) is 1. The average Bonchev–Trinajstić information content (AvgIpc) is 2.90. The van der Waals surface area contributed by atoms with E-state index in [1.54, 1.807) is 17.7 Å². The molecule has 4 nitrogen and oxygen atoms in total. The van der Waals surface area contributed by atoms with Gasteiger partial charge in [-0.05, 0) is 36.2 Å². The normalized spacial score (nSPS) is 11.9. The molecule has 0 aliphatic rings. The van der Waals surface area contributed by atoms with Crippen molar-refractivity contribution in [2.45, 2.75) is 26.7 Å². The van der Waals surface area contributed by atoms with Crippen molar-refractivity contribution in [2.75, 3.05) is 18.4 Å². The lowest BCUT2D eigenvalue weighted by Gasteiger charge is -2.30. The average molecular weight is 264 g/mol. The minimum Gasteiger partial charge on any atom is -0.369 e. The lowest BCUT2D eigenvalue weighted by atomic mass is 9.82. The van der Waals surface area contributed by atoms with Gasteiger partial charge in [0.2, 0.25) is 0 Å².